The van der Waals surface area contributed by atoms with Crippen LogP contribution < -0.4 is 10.6 Å². The third kappa shape index (κ3) is 5.11. The maximum Gasteiger partial charge on any atom is 0.267 e. The maximum absolute atomic E-state index is 12.4. The molecular weight excluding hydrogens is 346 g/mol. The standard InChI is InChI=1S/C21H22ClN3O/c1-4-16-6-8-17(9-7-16)15(3)24-13-18(12-23)21(26)25-20-11-19(22)10-5-14(20)2/h5-11,13,15,24H,4H2,1-3H3,(H,25,26)/b18-13-. The van der Waals surface area contributed by atoms with Gasteiger partial charge in [0.05, 0.1) is 0 Å². The molecule has 0 saturated carbocycles. The first-order valence-electron chi connectivity index (χ1n) is 8.47. The summed E-state index contributed by atoms with van der Waals surface area (Å²) in [5, 5.41) is 15.7. The Morgan fingerprint density at radius 1 is 1.27 bits per heavy atom. The Kier molecular flexibility index (Phi) is 6.82. The summed E-state index contributed by atoms with van der Waals surface area (Å²) >= 11 is 5.96. The lowest BCUT2D eigenvalue weighted by Crippen LogP contribution is -2.19. The van der Waals surface area contributed by atoms with Crippen LogP contribution in [0.25, 0.3) is 0 Å². The lowest BCUT2D eigenvalue weighted by Gasteiger charge is -2.13. The van der Waals surface area contributed by atoms with Crippen LogP contribution in [0.2, 0.25) is 5.02 Å². The molecule has 1 amide bonds. The Bertz CT molecular complexity index is 851. The molecule has 0 aliphatic heterocycles. The largest absolute Gasteiger partial charge is 0.383 e. The van der Waals surface area contributed by atoms with Crippen molar-refractivity contribution in [2.45, 2.75) is 33.2 Å². The molecule has 134 valence electrons. The van der Waals surface area contributed by atoms with Crippen molar-refractivity contribution in [3.05, 3.63) is 76.0 Å². The molecule has 2 rings (SSSR count). The highest BCUT2D eigenvalue weighted by molar-refractivity contribution is 6.31. The fourth-order valence-corrected chi connectivity index (χ4v) is 2.59. The number of hydrogen-bond acceptors (Lipinski definition) is 3. The van der Waals surface area contributed by atoms with Crippen molar-refractivity contribution in [2.75, 3.05) is 5.32 Å². The summed E-state index contributed by atoms with van der Waals surface area (Å²) < 4.78 is 0. The average molecular weight is 368 g/mol. The number of aryl methyl sites for hydroxylation is 2. The van der Waals surface area contributed by atoms with Crippen molar-refractivity contribution >= 4 is 23.2 Å². The first kappa shape index (κ1) is 19.6. The minimum absolute atomic E-state index is 0.00130. The molecule has 5 heteroatoms. The number of nitrogens with zero attached hydrogens (tertiary/aromatic N) is 1. The number of hydrogen-bond donors (Lipinski definition) is 2. The number of halogens is 1. The van der Waals surface area contributed by atoms with Crippen molar-refractivity contribution in [3.8, 4) is 6.07 Å². The number of carbonyl (C=O) groups is 1. The van der Waals surface area contributed by atoms with Gasteiger partial charge in [0.1, 0.15) is 11.6 Å². The van der Waals surface area contributed by atoms with Gasteiger partial charge in [-0.3, -0.25) is 4.79 Å². The van der Waals surface area contributed by atoms with Gasteiger partial charge in [-0.05, 0) is 49.1 Å². The van der Waals surface area contributed by atoms with E-state index in [9.17, 15) is 10.1 Å². The maximum atomic E-state index is 12.4. The summed E-state index contributed by atoms with van der Waals surface area (Å²) in [6.45, 7) is 5.95. The molecule has 0 aromatic heterocycles. The Labute approximate surface area is 159 Å². The number of benzene rings is 2. The molecular formula is C21H22ClN3O. The van der Waals surface area contributed by atoms with Gasteiger partial charge >= 0.3 is 0 Å². The van der Waals surface area contributed by atoms with Crippen LogP contribution in [0.5, 0.6) is 0 Å². The zero-order valence-corrected chi connectivity index (χ0v) is 15.9. The molecule has 0 fully saturated rings. The highest BCUT2D eigenvalue weighted by atomic mass is 35.5. The number of carbonyl (C=O) groups excluding carboxylic acids is 1. The number of anilines is 1. The Hall–Kier alpha value is -2.77. The topological polar surface area (TPSA) is 64.9 Å². The van der Waals surface area contributed by atoms with E-state index in [-0.39, 0.29) is 11.6 Å². The molecule has 26 heavy (non-hydrogen) atoms. The smallest absolute Gasteiger partial charge is 0.267 e. The second kappa shape index (κ2) is 9.07. The molecule has 0 aliphatic carbocycles. The van der Waals surface area contributed by atoms with Gasteiger partial charge in [-0.1, -0.05) is 48.9 Å². The molecule has 0 radical (unpaired) electrons. The van der Waals surface area contributed by atoms with E-state index < -0.39 is 5.91 Å². The normalized spacial score (nSPS) is 12.2. The van der Waals surface area contributed by atoms with Gasteiger partial charge in [-0.2, -0.15) is 5.26 Å². The second-order valence-electron chi connectivity index (χ2n) is 6.07. The minimum Gasteiger partial charge on any atom is -0.383 e. The Balaban J connectivity index is 2.07. The van der Waals surface area contributed by atoms with Crippen molar-refractivity contribution in [3.63, 3.8) is 0 Å². The number of nitriles is 1. The first-order valence-corrected chi connectivity index (χ1v) is 8.85. The summed E-state index contributed by atoms with van der Waals surface area (Å²) in [6, 6.07) is 15.4. The lowest BCUT2D eigenvalue weighted by atomic mass is 10.1. The second-order valence-corrected chi connectivity index (χ2v) is 6.50. The summed E-state index contributed by atoms with van der Waals surface area (Å²) in [5.41, 5.74) is 3.82. The van der Waals surface area contributed by atoms with Gasteiger partial charge in [-0.15, -0.1) is 0 Å². The van der Waals surface area contributed by atoms with Crippen LogP contribution in [0.4, 0.5) is 5.69 Å². The first-order chi connectivity index (χ1) is 12.4. The van der Waals surface area contributed by atoms with E-state index in [1.165, 1.54) is 11.8 Å². The molecule has 2 aromatic carbocycles. The highest BCUT2D eigenvalue weighted by Crippen LogP contribution is 2.21. The zero-order valence-electron chi connectivity index (χ0n) is 15.1. The van der Waals surface area contributed by atoms with Crippen LogP contribution in [0.15, 0.2) is 54.2 Å². The molecule has 1 atom stereocenters. The monoisotopic (exact) mass is 367 g/mol. The fraction of sp³-hybridized carbons (Fsp3) is 0.238. The predicted octanol–water partition coefficient (Wildman–Crippen LogP) is 4.91. The van der Waals surface area contributed by atoms with E-state index in [0.29, 0.717) is 10.7 Å². The number of amides is 1. The fourth-order valence-electron chi connectivity index (χ4n) is 2.41. The third-order valence-corrected chi connectivity index (χ3v) is 4.41. The van der Waals surface area contributed by atoms with Gasteiger partial charge in [0.15, 0.2) is 0 Å². The predicted molar refractivity (Wildman–Crippen MR) is 106 cm³/mol. The Morgan fingerprint density at radius 2 is 1.96 bits per heavy atom. The van der Waals surface area contributed by atoms with E-state index in [0.717, 1.165) is 17.5 Å². The van der Waals surface area contributed by atoms with Crippen LogP contribution in [-0.4, -0.2) is 5.91 Å². The van der Waals surface area contributed by atoms with E-state index in [1.54, 1.807) is 12.1 Å². The van der Waals surface area contributed by atoms with Gasteiger partial charge in [-0.25, -0.2) is 0 Å². The van der Waals surface area contributed by atoms with Crippen LogP contribution in [0, 0.1) is 18.3 Å². The van der Waals surface area contributed by atoms with Crippen LogP contribution in [-0.2, 0) is 11.2 Å². The SMILES string of the molecule is CCc1ccc(C(C)N/C=C(/C#N)C(=O)Nc2cc(Cl)ccc2C)cc1. The molecule has 0 aliphatic rings. The minimum atomic E-state index is -0.473. The van der Waals surface area contributed by atoms with Gasteiger partial charge in [0.25, 0.3) is 5.91 Å². The van der Waals surface area contributed by atoms with Crippen molar-refractivity contribution in [1.82, 2.24) is 5.32 Å². The van der Waals surface area contributed by atoms with E-state index in [2.05, 4.69) is 29.7 Å². The van der Waals surface area contributed by atoms with E-state index in [1.807, 2.05) is 38.1 Å². The average Bonchev–Trinajstić information content (AvgIpc) is 2.65. The van der Waals surface area contributed by atoms with Gasteiger partial charge < -0.3 is 10.6 Å². The molecule has 4 nitrogen and oxygen atoms in total. The van der Waals surface area contributed by atoms with Crippen LogP contribution in [0.3, 0.4) is 0 Å². The van der Waals surface area contributed by atoms with E-state index >= 15 is 0 Å². The summed E-state index contributed by atoms with van der Waals surface area (Å²) in [7, 11) is 0. The molecule has 2 N–H and O–H groups in total. The van der Waals surface area contributed by atoms with Gasteiger partial charge in [0.2, 0.25) is 0 Å². The van der Waals surface area contributed by atoms with Crippen molar-refractivity contribution < 1.29 is 4.79 Å². The summed E-state index contributed by atoms with van der Waals surface area (Å²) in [5.74, 6) is -0.473. The quantitative estimate of drug-likeness (QED) is 0.563. The summed E-state index contributed by atoms with van der Waals surface area (Å²) in [6.07, 6.45) is 2.44. The number of nitrogens with one attached hydrogen (secondary N) is 2. The molecule has 0 bridgehead atoms. The Morgan fingerprint density at radius 3 is 2.58 bits per heavy atom. The van der Waals surface area contributed by atoms with Crippen LogP contribution in [0.1, 0.15) is 36.6 Å². The molecule has 0 spiro atoms. The lowest BCUT2D eigenvalue weighted by molar-refractivity contribution is -0.112. The van der Waals surface area contributed by atoms with Crippen LogP contribution >= 0.6 is 11.6 Å². The molecule has 2 aromatic rings. The number of rotatable bonds is 6. The highest BCUT2D eigenvalue weighted by Gasteiger charge is 2.12. The van der Waals surface area contributed by atoms with Gasteiger partial charge in [0, 0.05) is 23.0 Å². The molecule has 0 saturated heterocycles. The molecule has 1 unspecified atom stereocenters. The molecule has 0 heterocycles. The summed E-state index contributed by atoms with van der Waals surface area (Å²) in [4.78, 5) is 12.4. The van der Waals surface area contributed by atoms with E-state index in [4.69, 9.17) is 11.6 Å². The van der Waals surface area contributed by atoms with Crippen molar-refractivity contribution in [2.24, 2.45) is 0 Å². The van der Waals surface area contributed by atoms with Crippen molar-refractivity contribution in [1.29, 1.82) is 5.26 Å². The third-order valence-electron chi connectivity index (χ3n) is 4.18. The zero-order chi connectivity index (χ0) is 19.1.